The molecular formula is C29H33Cl2N3O4S. The Balaban J connectivity index is 2.04. The number of benzene rings is 3. The molecule has 0 aliphatic heterocycles. The van der Waals surface area contributed by atoms with Crippen molar-refractivity contribution in [2.24, 2.45) is 0 Å². The number of nitrogens with one attached hydrogen (secondary N) is 1. The van der Waals surface area contributed by atoms with Gasteiger partial charge in [-0.15, -0.1) is 0 Å². The fraction of sp³-hybridized carbons (Fsp3) is 0.310. The molecule has 1 unspecified atom stereocenters. The van der Waals surface area contributed by atoms with E-state index in [9.17, 15) is 18.0 Å². The maximum atomic E-state index is 14.0. The van der Waals surface area contributed by atoms with E-state index in [1.165, 1.54) is 17.0 Å². The Morgan fingerprint density at radius 3 is 2.10 bits per heavy atom. The molecule has 0 heterocycles. The Hall–Kier alpha value is -3.07. The predicted octanol–water partition coefficient (Wildman–Crippen LogP) is 5.91. The van der Waals surface area contributed by atoms with E-state index in [-0.39, 0.29) is 28.1 Å². The lowest BCUT2D eigenvalue weighted by Gasteiger charge is -2.33. The molecule has 0 aliphatic carbocycles. The number of halogens is 2. The van der Waals surface area contributed by atoms with E-state index in [4.69, 9.17) is 23.2 Å². The molecule has 0 fully saturated rings. The lowest BCUT2D eigenvalue weighted by Crippen LogP contribution is -2.52. The first kappa shape index (κ1) is 30.5. The molecule has 0 radical (unpaired) electrons. The van der Waals surface area contributed by atoms with Crippen LogP contribution in [0.5, 0.6) is 0 Å². The van der Waals surface area contributed by atoms with Gasteiger partial charge in [-0.3, -0.25) is 13.9 Å². The maximum absolute atomic E-state index is 14.0. The van der Waals surface area contributed by atoms with Crippen molar-refractivity contribution in [2.45, 2.75) is 50.6 Å². The molecule has 0 saturated heterocycles. The summed E-state index contributed by atoms with van der Waals surface area (Å²) in [4.78, 5) is 28.6. The second kappa shape index (κ2) is 14.4. The highest BCUT2D eigenvalue weighted by molar-refractivity contribution is 7.92. The zero-order chi connectivity index (χ0) is 28.4. The number of carbonyl (C=O) groups is 2. The molecule has 39 heavy (non-hydrogen) atoms. The van der Waals surface area contributed by atoms with Crippen molar-refractivity contribution in [3.8, 4) is 0 Å². The number of sulfonamides is 1. The minimum Gasteiger partial charge on any atom is -0.354 e. The monoisotopic (exact) mass is 589 g/mol. The zero-order valence-electron chi connectivity index (χ0n) is 22.0. The van der Waals surface area contributed by atoms with Crippen molar-refractivity contribution in [3.05, 3.63) is 94.5 Å². The van der Waals surface area contributed by atoms with Crippen LogP contribution in [-0.2, 0) is 26.2 Å². The highest BCUT2D eigenvalue weighted by Gasteiger charge is 2.34. The van der Waals surface area contributed by atoms with Gasteiger partial charge in [-0.25, -0.2) is 8.42 Å². The van der Waals surface area contributed by atoms with Crippen LogP contribution in [0, 0.1) is 0 Å². The van der Waals surface area contributed by atoms with Gasteiger partial charge in [0.2, 0.25) is 11.8 Å². The van der Waals surface area contributed by atoms with Gasteiger partial charge < -0.3 is 10.2 Å². The molecule has 208 valence electrons. The number of anilines is 1. The number of rotatable bonds is 13. The van der Waals surface area contributed by atoms with Crippen LogP contribution in [0.3, 0.4) is 0 Å². The lowest BCUT2D eigenvalue weighted by atomic mass is 10.1. The van der Waals surface area contributed by atoms with Crippen LogP contribution in [0.15, 0.2) is 83.8 Å². The fourth-order valence-electron chi connectivity index (χ4n) is 4.12. The van der Waals surface area contributed by atoms with Gasteiger partial charge in [0.25, 0.3) is 10.0 Å². The molecule has 0 spiro atoms. The van der Waals surface area contributed by atoms with Crippen molar-refractivity contribution >= 4 is 50.7 Å². The Morgan fingerprint density at radius 2 is 1.49 bits per heavy atom. The summed E-state index contributed by atoms with van der Waals surface area (Å²) < 4.78 is 28.6. The molecule has 3 aromatic carbocycles. The first-order valence-corrected chi connectivity index (χ1v) is 15.0. The zero-order valence-corrected chi connectivity index (χ0v) is 24.3. The summed E-state index contributed by atoms with van der Waals surface area (Å²) >= 11 is 12.8. The van der Waals surface area contributed by atoms with Crippen LogP contribution in [0.4, 0.5) is 5.69 Å². The first-order valence-electron chi connectivity index (χ1n) is 12.8. The van der Waals surface area contributed by atoms with Crippen molar-refractivity contribution in [2.75, 3.05) is 17.4 Å². The molecule has 10 heteroatoms. The Labute approximate surface area is 240 Å². The average Bonchev–Trinajstić information content (AvgIpc) is 2.93. The number of carbonyl (C=O) groups excluding carboxylic acids is 2. The normalized spacial score (nSPS) is 12.0. The van der Waals surface area contributed by atoms with Crippen LogP contribution in [0.2, 0.25) is 10.0 Å². The van der Waals surface area contributed by atoms with Gasteiger partial charge >= 0.3 is 0 Å². The molecule has 1 N–H and O–H groups in total. The molecule has 0 aromatic heterocycles. The minimum absolute atomic E-state index is 0.0136. The molecule has 3 aromatic rings. The number of hydrogen-bond acceptors (Lipinski definition) is 4. The van der Waals surface area contributed by atoms with Gasteiger partial charge in [0, 0.05) is 18.1 Å². The van der Waals surface area contributed by atoms with E-state index < -0.39 is 28.5 Å². The van der Waals surface area contributed by atoms with Gasteiger partial charge in [-0.2, -0.15) is 0 Å². The lowest BCUT2D eigenvalue weighted by molar-refractivity contribution is -0.140. The molecule has 0 bridgehead atoms. The van der Waals surface area contributed by atoms with Gasteiger partial charge in [0.1, 0.15) is 12.6 Å². The maximum Gasteiger partial charge on any atom is 0.264 e. The van der Waals surface area contributed by atoms with Crippen molar-refractivity contribution in [1.82, 2.24) is 10.2 Å². The fourth-order valence-corrected chi connectivity index (χ4v) is 6.06. The molecular weight excluding hydrogens is 557 g/mol. The predicted molar refractivity (Wildman–Crippen MR) is 156 cm³/mol. The van der Waals surface area contributed by atoms with Gasteiger partial charge in [-0.05, 0) is 48.7 Å². The summed E-state index contributed by atoms with van der Waals surface area (Å²) in [6.07, 6.45) is 2.03. The minimum atomic E-state index is -4.18. The van der Waals surface area contributed by atoms with Crippen LogP contribution in [-0.4, -0.2) is 44.3 Å². The molecule has 0 aliphatic rings. The standard InChI is InChI=1S/C29H33Cl2N3O4S/c1-3-5-19-32-29(36)26(4-2)33(20-22-13-9-10-16-24(22)30)28(35)21-34(27-18-12-11-17-25(27)31)39(37,38)23-14-7-6-8-15-23/h6-18,26H,3-5,19-21H2,1-2H3,(H,32,36). The number of amides is 2. The summed E-state index contributed by atoms with van der Waals surface area (Å²) in [5.74, 6) is -0.867. The second-order valence-electron chi connectivity index (χ2n) is 8.96. The smallest absolute Gasteiger partial charge is 0.264 e. The topological polar surface area (TPSA) is 86.8 Å². The summed E-state index contributed by atoms with van der Waals surface area (Å²) in [7, 11) is -4.18. The van der Waals surface area contributed by atoms with Crippen LogP contribution in [0.25, 0.3) is 0 Å². The largest absolute Gasteiger partial charge is 0.354 e. The quantitative estimate of drug-likeness (QED) is 0.251. The molecule has 0 saturated carbocycles. The Morgan fingerprint density at radius 1 is 0.872 bits per heavy atom. The van der Waals surface area contributed by atoms with Crippen molar-refractivity contribution in [3.63, 3.8) is 0 Å². The Kier molecular flexibility index (Phi) is 11.2. The first-order chi connectivity index (χ1) is 18.7. The van der Waals surface area contributed by atoms with Crippen molar-refractivity contribution in [1.29, 1.82) is 0 Å². The molecule has 1 atom stereocenters. The second-order valence-corrected chi connectivity index (χ2v) is 11.6. The van der Waals surface area contributed by atoms with Crippen LogP contribution < -0.4 is 9.62 Å². The van der Waals surface area contributed by atoms with E-state index in [1.54, 1.807) is 66.7 Å². The van der Waals surface area contributed by atoms with Gasteiger partial charge in [0.15, 0.2) is 0 Å². The molecule has 2 amide bonds. The number of hydrogen-bond donors (Lipinski definition) is 1. The van der Waals surface area contributed by atoms with Crippen LogP contribution in [0.1, 0.15) is 38.7 Å². The number of unbranched alkanes of at least 4 members (excludes halogenated alkanes) is 1. The van der Waals surface area contributed by atoms with Gasteiger partial charge in [-0.1, -0.05) is 92.0 Å². The Bertz CT molecular complexity index is 1370. The summed E-state index contributed by atoms with van der Waals surface area (Å²) in [6.45, 7) is 3.77. The van der Waals surface area contributed by atoms with Crippen LogP contribution >= 0.6 is 23.2 Å². The van der Waals surface area contributed by atoms with E-state index in [1.807, 2.05) is 13.8 Å². The third-order valence-electron chi connectivity index (χ3n) is 6.25. The van der Waals surface area contributed by atoms with E-state index >= 15 is 0 Å². The molecule has 7 nitrogen and oxygen atoms in total. The highest BCUT2D eigenvalue weighted by atomic mass is 35.5. The summed E-state index contributed by atoms with van der Waals surface area (Å²) in [6, 6.07) is 20.5. The average molecular weight is 591 g/mol. The van der Waals surface area contributed by atoms with E-state index in [0.717, 1.165) is 17.1 Å². The third kappa shape index (κ3) is 7.75. The highest BCUT2D eigenvalue weighted by Crippen LogP contribution is 2.31. The number of nitrogens with zero attached hydrogens (tertiary/aromatic N) is 2. The molecule has 3 rings (SSSR count). The number of para-hydroxylation sites is 1. The van der Waals surface area contributed by atoms with E-state index in [0.29, 0.717) is 23.6 Å². The summed E-state index contributed by atoms with van der Waals surface area (Å²) in [5.41, 5.74) is 0.803. The summed E-state index contributed by atoms with van der Waals surface area (Å²) in [5, 5.41) is 3.52. The van der Waals surface area contributed by atoms with E-state index in [2.05, 4.69) is 5.32 Å². The third-order valence-corrected chi connectivity index (χ3v) is 8.71. The SMILES string of the molecule is CCCCNC(=O)C(CC)N(Cc1ccccc1Cl)C(=O)CN(c1ccccc1Cl)S(=O)(=O)c1ccccc1. The van der Waals surface area contributed by atoms with Gasteiger partial charge in [0.05, 0.1) is 15.6 Å². The van der Waals surface area contributed by atoms with Crippen molar-refractivity contribution < 1.29 is 18.0 Å².